The smallest absolute Gasteiger partial charge is 0.328 e. The first-order chi connectivity index (χ1) is 13.4. The van der Waals surface area contributed by atoms with E-state index in [0.717, 1.165) is 5.56 Å². The van der Waals surface area contributed by atoms with Crippen LogP contribution in [-0.4, -0.2) is 35.2 Å². The first-order valence-corrected chi connectivity index (χ1v) is 9.10. The van der Waals surface area contributed by atoms with Crippen molar-refractivity contribution in [2.45, 2.75) is 39.2 Å². The van der Waals surface area contributed by atoms with Gasteiger partial charge in [-0.3, -0.25) is 4.79 Å². The average Bonchev–Trinajstić information content (AvgIpc) is 3.07. The van der Waals surface area contributed by atoms with E-state index in [1.54, 1.807) is 13.0 Å². The fourth-order valence-corrected chi connectivity index (χ4v) is 3.01. The Labute approximate surface area is 163 Å². The molecule has 146 valence electrons. The topological polar surface area (TPSA) is 94.3 Å². The van der Waals surface area contributed by atoms with Gasteiger partial charge in [-0.25, -0.2) is 9.78 Å². The molecule has 0 spiro atoms. The number of ether oxygens (including phenoxy) is 1. The molecule has 0 unspecified atom stereocenters. The normalized spacial score (nSPS) is 12.2. The number of rotatable bonds is 6. The summed E-state index contributed by atoms with van der Waals surface area (Å²) in [4.78, 5) is 29.8. The highest BCUT2D eigenvalue weighted by atomic mass is 16.5. The lowest BCUT2D eigenvalue weighted by atomic mass is 10.0. The Bertz CT molecular complexity index is 996. The van der Waals surface area contributed by atoms with Crippen LogP contribution in [0.2, 0.25) is 0 Å². The molecule has 7 nitrogen and oxygen atoms in total. The van der Waals surface area contributed by atoms with Gasteiger partial charge in [-0.1, -0.05) is 49.3 Å². The summed E-state index contributed by atoms with van der Waals surface area (Å²) < 4.78 is 10.1. The van der Waals surface area contributed by atoms with E-state index >= 15 is 0 Å². The van der Waals surface area contributed by atoms with Crippen LogP contribution in [0.5, 0.6) is 0 Å². The van der Waals surface area contributed by atoms with E-state index in [9.17, 15) is 9.59 Å². The van der Waals surface area contributed by atoms with Crippen LogP contribution >= 0.6 is 0 Å². The van der Waals surface area contributed by atoms with Crippen molar-refractivity contribution in [3.63, 3.8) is 0 Å². The van der Waals surface area contributed by atoms with Crippen LogP contribution in [0.3, 0.4) is 0 Å². The van der Waals surface area contributed by atoms with Gasteiger partial charge in [0, 0.05) is 12.1 Å². The predicted molar refractivity (Wildman–Crippen MR) is 104 cm³/mol. The van der Waals surface area contributed by atoms with Gasteiger partial charge in [-0.2, -0.15) is 0 Å². The van der Waals surface area contributed by atoms with Crippen molar-refractivity contribution in [2.24, 2.45) is 0 Å². The Kier molecular flexibility index (Phi) is 5.73. The Morgan fingerprint density at radius 2 is 1.93 bits per heavy atom. The summed E-state index contributed by atoms with van der Waals surface area (Å²) in [5.41, 5.74) is 2.90. The van der Waals surface area contributed by atoms with Crippen molar-refractivity contribution in [3.8, 4) is 0 Å². The van der Waals surface area contributed by atoms with Crippen molar-refractivity contribution in [1.82, 2.24) is 15.5 Å². The molecule has 28 heavy (non-hydrogen) atoms. The van der Waals surface area contributed by atoms with Crippen LogP contribution in [0.25, 0.3) is 11.1 Å². The molecule has 0 radical (unpaired) electrons. The number of hydrogen-bond acceptors (Lipinski definition) is 6. The lowest BCUT2D eigenvalue weighted by molar-refractivity contribution is -0.142. The van der Waals surface area contributed by atoms with Crippen molar-refractivity contribution in [3.05, 3.63) is 58.9 Å². The summed E-state index contributed by atoms with van der Waals surface area (Å²) in [6, 6.07) is 10.4. The number of methoxy groups -OCH3 is 1. The Morgan fingerprint density at radius 3 is 2.57 bits per heavy atom. The standard InChI is InChI=1S/C21H23N3O4/c1-12(2)16-11-15(18-13(3)24-28-20(18)23-16)19(25)22-17(21(26)27-4)10-14-8-6-5-7-9-14/h5-9,11-12,17H,10H2,1-4H3,(H,22,25)/t17-/m0/s1. The number of nitrogens with one attached hydrogen (secondary N) is 1. The average molecular weight is 381 g/mol. The molecular weight excluding hydrogens is 358 g/mol. The molecule has 3 aromatic rings. The van der Waals surface area contributed by atoms with E-state index in [0.29, 0.717) is 34.5 Å². The highest BCUT2D eigenvalue weighted by Crippen LogP contribution is 2.25. The van der Waals surface area contributed by atoms with Crippen molar-refractivity contribution < 1.29 is 18.8 Å². The maximum atomic E-state index is 13.1. The third kappa shape index (κ3) is 4.03. The van der Waals surface area contributed by atoms with Gasteiger partial charge in [0.15, 0.2) is 0 Å². The number of benzene rings is 1. The van der Waals surface area contributed by atoms with Gasteiger partial charge in [-0.05, 0) is 24.5 Å². The van der Waals surface area contributed by atoms with Crippen LogP contribution in [0.1, 0.15) is 47.1 Å². The quantitative estimate of drug-likeness (QED) is 0.659. The van der Waals surface area contributed by atoms with Gasteiger partial charge in [0.05, 0.1) is 23.8 Å². The minimum Gasteiger partial charge on any atom is -0.467 e. The molecule has 0 aliphatic heterocycles. The largest absolute Gasteiger partial charge is 0.467 e. The zero-order valence-electron chi connectivity index (χ0n) is 16.4. The number of esters is 1. The first kappa shape index (κ1) is 19.5. The van der Waals surface area contributed by atoms with Gasteiger partial charge in [-0.15, -0.1) is 0 Å². The molecule has 7 heteroatoms. The number of pyridine rings is 1. The second-order valence-corrected chi connectivity index (χ2v) is 6.94. The van der Waals surface area contributed by atoms with Crippen LogP contribution in [-0.2, 0) is 16.0 Å². The molecule has 0 saturated heterocycles. The third-order valence-corrected chi connectivity index (χ3v) is 4.55. The number of amides is 1. The van der Waals surface area contributed by atoms with Crippen LogP contribution in [0, 0.1) is 6.92 Å². The molecule has 1 N–H and O–H groups in total. The number of nitrogens with zero attached hydrogens (tertiary/aromatic N) is 2. The van der Waals surface area contributed by atoms with Gasteiger partial charge in [0.1, 0.15) is 6.04 Å². The molecule has 2 heterocycles. The molecule has 3 rings (SSSR count). The number of aromatic nitrogens is 2. The second-order valence-electron chi connectivity index (χ2n) is 6.94. The summed E-state index contributed by atoms with van der Waals surface area (Å²) in [5, 5.41) is 7.27. The van der Waals surface area contributed by atoms with Crippen LogP contribution in [0.4, 0.5) is 0 Å². The van der Waals surface area contributed by atoms with Crippen molar-refractivity contribution in [1.29, 1.82) is 0 Å². The van der Waals surface area contributed by atoms with Gasteiger partial charge in [0.25, 0.3) is 11.6 Å². The Morgan fingerprint density at radius 1 is 1.21 bits per heavy atom. The molecule has 0 aliphatic carbocycles. The minimum atomic E-state index is -0.814. The predicted octanol–water partition coefficient (Wildman–Crippen LogP) is 3.17. The lowest BCUT2D eigenvalue weighted by Crippen LogP contribution is -2.43. The highest BCUT2D eigenvalue weighted by molar-refractivity contribution is 6.07. The third-order valence-electron chi connectivity index (χ3n) is 4.55. The van der Waals surface area contributed by atoms with Crippen LogP contribution in [0.15, 0.2) is 40.9 Å². The second kappa shape index (κ2) is 8.21. The van der Waals surface area contributed by atoms with Gasteiger partial charge < -0.3 is 14.6 Å². The molecule has 0 aliphatic rings. The summed E-state index contributed by atoms with van der Waals surface area (Å²) >= 11 is 0. The van der Waals surface area contributed by atoms with Crippen molar-refractivity contribution in [2.75, 3.05) is 7.11 Å². The fourth-order valence-electron chi connectivity index (χ4n) is 3.01. The fraction of sp³-hybridized carbons (Fsp3) is 0.333. The monoisotopic (exact) mass is 381 g/mol. The van der Waals surface area contributed by atoms with E-state index < -0.39 is 17.9 Å². The van der Waals surface area contributed by atoms with E-state index in [2.05, 4.69) is 15.5 Å². The lowest BCUT2D eigenvalue weighted by Gasteiger charge is -2.17. The number of carbonyl (C=O) groups excluding carboxylic acids is 2. The minimum absolute atomic E-state index is 0.0991. The summed E-state index contributed by atoms with van der Waals surface area (Å²) in [6.07, 6.45) is 0.327. The number of carbonyl (C=O) groups is 2. The Hall–Kier alpha value is -3.22. The zero-order chi connectivity index (χ0) is 20.3. The molecular formula is C21H23N3O4. The maximum Gasteiger partial charge on any atom is 0.328 e. The molecule has 0 saturated carbocycles. The van der Waals surface area contributed by atoms with Gasteiger partial charge >= 0.3 is 5.97 Å². The SMILES string of the molecule is COC(=O)[C@H](Cc1ccccc1)NC(=O)c1cc(C(C)C)nc2onc(C)c12. The first-order valence-electron chi connectivity index (χ1n) is 9.10. The molecule has 1 amide bonds. The molecule has 0 bridgehead atoms. The Balaban J connectivity index is 1.95. The highest BCUT2D eigenvalue weighted by Gasteiger charge is 2.26. The summed E-state index contributed by atoms with van der Waals surface area (Å²) in [7, 11) is 1.30. The molecule has 0 fully saturated rings. The maximum absolute atomic E-state index is 13.1. The molecule has 2 aromatic heterocycles. The van der Waals surface area contributed by atoms with E-state index in [1.165, 1.54) is 7.11 Å². The zero-order valence-corrected chi connectivity index (χ0v) is 16.4. The van der Waals surface area contributed by atoms with Gasteiger partial charge in [0.2, 0.25) is 0 Å². The summed E-state index contributed by atoms with van der Waals surface area (Å²) in [6.45, 7) is 5.71. The number of fused-ring (bicyclic) bond motifs is 1. The van der Waals surface area contributed by atoms with Crippen molar-refractivity contribution >= 4 is 23.0 Å². The summed E-state index contributed by atoms with van der Waals surface area (Å²) in [5.74, 6) is -0.803. The molecule has 1 aromatic carbocycles. The van der Waals surface area contributed by atoms with E-state index in [1.807, 2.05) is 44.2 Å². The molecule has 1 atom stereocenters. The van der Waals surface area contributed by atoms with E-state index in [4.69, 9.17) is 9.26 Å². The van der Waals surface area contributed by atoms with E-state index in [-0.39, 0.29) is 5.92 Å². The van der Waals surface area contributed by atoms with Crippen LogP contribution < -0.4 is 5.32 Å². The number of aryl methyl sites for hydroxylation is 1. The number of hydrogen-bond donors (Lipinski definition) is 1.